The Morgan fingerprint density at radius 1 is 0.467 bits per heavy atom. The van der Waals surface area contributed by atoms with Gasteiger partial charge < -0.3 is 0 Å². The predicted octanol–water partition coefficient (Wildman–Crippen LogP) is 9.73. The lowest BCUT2D eigenvalue weighted by atomic mass is 9.68. The topological polar surface area (TPSA) is 136 Å². The molecule has 2 saturated heterocycles. The quantitative estimate of drug-likeness (QED) is 0.0796. The number of nitroso groups, excluding NO2 is 1. The molecule has 9 rings (SSSR count). The third-order valence-electron chi connectivity index (χ3n) is 13.0. The molecule has 60 heavy (non-hydrogen) atoms. The average molecular weight is 837 g/mol. The van der Waals surface area contributed by atoms with Crippen molar-refractivity contribution in [1.29, 1.82) is 0 Å². The van der Waals surface area contributed by atoms with E-state index in [4.69, 9.17) is 0 Å². The highest BCUT2D eigenvalue weighted by molar-refractivity contribution is 7.89. The fourth-order valence-corrected chi connectivity index (χ4v) is 12.7. The molecule has 0 saturated carbocycles. The molecule has 0 radical (unpaired) electrons. The van der Waals surface area contributed by atoms with Crippen LogP contribution in [0.3, 0.4) is 0 Å². The third kappa shape index (κ3) is 6.59. The van der Waals surface area contributed by atoms with E-state index in [2.05, 4.69) is 59.2 Å². The smallest absolute Gasteiger partial charge is 0.243 e. The molecule has 0 atom stereocenters. The number of anilines is 1. The molecule has 2 aliphatic rings. The summed E-state index contributed by atoms with van der Waals surface area (Å²) >= 11 is 0. The van der Waals surface area contributed by atoms with Crippen LogP contribution >= 0.6 is 0 Å². The molecular weight excluding hydrogens is 793 g/mol. The molecule has 2 fully saturated rings. The zero-order valence-electron chi connectivity index (χ0n) is 32.8. The summed E-state index contributed by atoms with van der Waals surface area (Å²) in [6, 6.07) is 49.5. The fraction of sp³-hybridized carbons (Fsp3) is 0.208. The van der Waals surface area contributed by atoms with Crippen LogP contribution < -0.4 is 5.48 Å². The first-order valence-corrected chi connectivity index (χ1v) is 23.0. The Hall–Kier alpha value is -5.76. The van der Waals surface area contributed by atoms with E-state index in [1.54, 1.807) is 0 Å². The Morgan fingerprint density at radius 2 is 0.817 bits per heavy atom. The van der Waals surface area contributed by atoms with Crippen LogP contribution in [0, 0.1) is 4.91 Å². The molecule has 0 aliphatic carbocycles. The van der Waals surface area contributed by atoms with Crippen molar-refractivity contribution in [2.45, 2.75) is 46.3 Å². The van der Waals surface area contributed by atoms with E-state index in [9.17, 15) is 26.9 Å². The van der Waals surface area contributed by atoms with Crippen LogP contribution in [0.5, 0.6) is 0 Å². The molecule has 12 heteroatoms. The minimum atomic E-state index is -4.03. The van der Waals surface area contributed by atoms with E-state index >= 15 is 0 Å². The third-order valence-corrected chi connectivity index (χ3v) is 16.8. The standard InChI is InChI=1S/C48H44N4O6S2/c53-49-45-42-24-22-40(60(57,58)52-31-27-48(28-32-52,37-17-9-3-10-18-37)38-19-11-4-12-20-38)34-44(42)46(50-54)41-23-21-39(33-43(41)45)59(55,56)51-29-25-47(26-30-51,35-13-5-1-6-14-35)36-15-7-2-8-16-36/h1-24,33-34,49,53H,25-32H2. The second-order valence-electron chi connectivity index (χ2n) is 15.8. The summed E-state index contributed by atoms with van der Waals surface area (Å²) in [6.45, 7) is 1.11. The number of nitrogens with zero attached hydrogens (tertiary/aromatic N) is 3. The van der Waals surface area contributed by atoms with E-state index in [0.29, 0.717) is 31.1 Å². The predicted molar refractivity (Wildman–Crippen MR) is 236 cm³/mol. The van der Waals surface area contributed by atoms with Gasteiger partial charge in [-0.1, -0.05) is 133 Å². The number of nitrogens with one attached hydrogen (secondary N) is 1. The highest BCUT2D eigenvalue weighted by atomic mass is 32.2. The molecule has 0 bridgehead atoms. The number of benzene rings is 7. The Bertz CT molecular complexity index is 2840. The number of hydrogen-bond donors (Lipinski definition) is 2. The summed E-state index contributed by atoms with van der Waals surface area (Å²) in [5.41, 5.74) is 6.13. The van der Waals surface area contributed by atoms with Crippen LogP contribution in [0.4, 0.5) is 11.4 Å². The Balaban J connectivity index is 1.02. The van der Waals surface area contributed by atoms with Gasteiger partial charge in [0.05, 0.1) is 15.5 Å². The summed E-state index contributed by atoms with van der Waals surface area (Å²) in [5.74, 6) is 0. The zero-order chi connectivity index (χ0) is 41.5. The van der Waals surface area contributed by atoms with Gasteiger partial charge >= 0.3 is 0 Å². The molecule has 0 aromatic heterocycles. The summed E-state index contributed by atoms with van der Waals surface area (Å²) < 4.78 is 60.3. The highest BCUT2D eigenvalue weighted by Gasteiger charge is 2.42. The number of rotatable bonds is 10. The lowest BCUT2D eigenvalue weighted by Gasteiger charge is -2.42. The fourth-order valence-electron chi connectivity index (χ4n) is 9.74. The second kappa shape index (κ2) is 15.7. The Morgan fingerprint density at radius 3 is 1.17 bits per heavy atom. The van der Waals surface area contributed by atoms with Gasteiger partial charge in [-0.15, -0.1) is 4.91 Å². The first-order valence-electron chi connectivity index (χ1n) is 20.1. The highest BCUT2D eigenvalue weighted by Crippen LogP contribution is 2.47. The molecule has 2 aliphatic heterocycles. The summed E-state index contributed by atoms with van der Waals surface area (Å²) in [5, 5.41) is 14.9. The van der Waals surface area contributed by atoms with E-state index in [-0.39, 0.29) is 74.3 Å². The molecule has 0 unspecified atom stereocenters. The van der Waals surface area contributed by atoms with Crippen LogP contribution in [-0.4, -0.2) is 56.8 Å². The monoisotopic (exact) mass is 836 g/mol. The SMILES string of the molecule is O=Nc1c2cc(S(=O)(=O)N3CCC(c4ccccc4)(c4ccccc4)CC3)ccc2c(NO)c2cc(S(=O)(=O)N3CCC(c4ccccc4)(c4ccccc4)CC3)ccc12. The van der Waals surface area contributed by atoms with Crippen LogP contribution in [0.2, 0.25) is 0 Å². The number of fused-ring (bicyclic) bond motifs is 2. The van der Waals surface area contributed by atoms with Crippen molar-refractivity contribution in [3.05, 3.63) is 185 Å². The van der Waals surface area contributed by atoms with Gasteiger partial charge in [-0.25, -0.2) is 16.8 Å². The summed E-state index contributed by atoms with van der Waals surface area (Å²) in [7, 11) is -8.04. The number of piperidine rings is 2. The van der Waals surface area contributed by atoms with Gasteiger partial charge in [0, 0.05) is 58.6 Å². The van der Waals surface area contributed by atoms with Crippen LogP contribution in [0.15, 0.2) is 173 Å². The molecule has 7 aromatic rings. The molecule has 304 valence electrons. The van der Waals surface area contributed by atoms with Gasteiger partial charge in [0.1, 0.15) is 5.69 Å². The minimum absolute atomic E-state index is 0.000925. The van der Waals surface area contributed by atoms with Crippen LogP contribution in [0.25, 0.3) is 21.5 Å². The van der Waals surface area contributed by atoms with Gasteiger partial charge in [0.2, 0.25) is 20.0 Å². The van der Waals surface area contributed by atoms with Crippen molar-refractivity contribution in [1.82, 2.24) is 8.61 Å². The second-order valence-corrected chi connectivity index (χ2v) is 19.7. The maximum absolute atomic E-state index is 14.3. The van der Waals surface area contributed by atoms with E-state index in [0.717, 1.165) is 22.3 Å². The zero-order valence-corrected chi connectivity index (χ0v) is 34.4. The molecular formula is C48H44N4O6S2. The van der Waals surface area contributed by atoms with E-state index in [1.165, 1.54) is 45.0 Å². The van der Waals surface area contributed by atoms with Crippen molar-refractivity contribution in [3.8, 4) is 0 Å². The average Bonchev–Trinajstić information content (AvgIpc) is 3.31. The molecule has 10 nitrogen and oxygen atoms in total. The minimum Gasteiger partial charge on any atom is -0.291 e. The Kier molecular flexibility index (Phi) is 10.4. The van der Waals surface area contributed by atoms with Crippen molar-refractivity contribution in [3.63, 3.8) is 0 Å². The van der Waals surface area contributed by atoms with Crippen molar-refractivity contribution < 1.29 is 22.0 Å². The summed E-state index contributed by atoms with van der Waals surface area (Å²) in [4.78, 5) is 12.6. The first kappa shape index (κ1) is 39.7. The van der Waals surface area contributed by atoms with E-state index in [1.807, 2.05) is 72.8 Å². The Labute approximate surface area is 350 Å². The van der Waals surface area contributed by atoms with Crippen molar-refractivity contribution >= 4 is 53.0 Å². The van der Waals surface area contributed by atoms with Crippen LogP contribution in [-0.2, 0) is 30.9 Å². The van der Waals surface area contributed by atoms with Crippen molar-refractivity contribution in [2.75, 3.05) is 31.7 Å². The van der Waals surface area contributed by atoms with Gasteiger partial charge in [0.25, 0.3) is 0 Å². The van der Waals surface area contributed by atoms with Gasteiger partial charge in [-0.2, -0.15) is 8.61 Å². The van der Waals surface area contributed by atoms with E-state index < -0.39 is 20.0 Å². The van der Waals surface area contributed by atoms with Crippen molar-refractivity contribution in [2.24, 2.45) is 5.18 Å². The largest absolute Gasteiger partial charge is 0.291 e. The molecule has 7 aromatic carbocycles. The number of hydrogen-bond acceptors (Lipinski definition) is 8. The molecule has 2 N–H and O–H groups in total. The first-order chi connectivity index (χ1) is 29.1. The normalized spacial score (nSPS) is 17.4. The maximum atomic E-state index is 14.3. The number of sulfonamides is 2. The molecule has 2 heterocycles. The van der Waals surface area contributed by atoms with Crippen LogP contribution in [0.1, 0.15) is 47.9 Å². The molecule has 0 amide bonds. The van der Waals surface area contributed by atoms with Gasteiger partial charge in [-0.05, 0) is 77.4 Å². The lowest BCUT2D eigenvalue weighted by molar-refractivity contribution is 0.265. The molecule has 0 spiro atoms. The van der Waals surface area contributed by atoms with Gasteiger partial charge in [0.15, 0.2) is 0 Å². The lowest BCUT2D eigenvalue weighted by Crippen LogP contribution is -2.45. The maximum Gasteiger partial charge on any atom is 0.243 e. The van der Waals surface area contributed by atoms with Gasteiger partial charge in [-0.3, -0.25) is 10.7 Å². The summed E-state index contributed by atoms with van der Waals surface area (Å²) in [6.07, 6.45) is 2.29.